The van der Waals surface area contributed by atoms with Crippen molar-refractivity contribution in [1.82, 2.24) is 4.98 Å². The Morgan fingerprint density at radius 1 is 1.36 bits per heavy atom. The van der Waals surface area contributed by atoms with Gasteiger partial charge in [-0.05, 0) is 29.8 Å². The van der Waals surface area contributed by atoms with E-state index in [2.05, 4.69) is 18.8 Å². The van der Waals surface area contributed by atoms with Crippen LogP contribution in [0.1, 0.15) is 20.8 Å². The first-order valence-corrected chi connectivity index (χ1v) is 5.55. The maximum absolute atomic E-state index is 11.7. The zero-order valence-corrected chi connectivity index (χ0v) is 9.54. The lowest BCUT2D eigenvalue weighted by Gasteiger charge is -2.12. The minimum Gasteiger partial charge on any atom is -0.286 e. The van der Waals surface area contributed by atoms with E-state index >= 15 is 0 Å². The highest BCUT2D eigenvalue weighted by Gasteiger charge is 2.17. The Morgan fingerprint density at radius 2 is 2.07 bits per heavy atom. The first-order valence-electron chi connectivity index (χ1n) is 4.74. The van der Waals surface area contributed by atoms with Crippen LogP contribution in [0, 0.1) is 11.8 Å². The summed E-state index contributed by atoms with van der Waals surface area (Å²) in [6.45, 7) is 6.08. The van der Waals surface area contributed by atoms with E-state index in [9.17, 15) is 4.79 Å². The summed E-state index contributed by atoms with van der Waals surface area (Å²) in [6, 6.07) is 5.60. The van der Waals surface area contributed by atoms with E-state index in [-0.39, 0.29) is 11.0 Å². The molecule has 0 spiro atoms. The molecule has 0 radical (unpaired) electrons. The van der Waals surface area contributed by atoms with Crippen LogP contribution in [0.2, 0.25) is 0 Å². The van der Waals surface area contributed by atoms with Crippen molar-refractivity contribution in [1.29, 1.82) is 0 Å². The fourth-order valence-corrected chi connectivity index (χ4v) is 1.80. The van der Waals surface area contributed by atoms with Gasteiger partial charge in [-0.1, -0.05) is 26.8 Å². The summed E-state index contributed by atoms with van der Waals surface area (Å²) in [5.74, 6) is 0.473. The van der Waals surface area contributed by atoms with Crippen LogP contribution < -0.4 is 0 Å². The van der Waals surface area contributed by atoms with Crippen LogP contribution in [0.4, 0.5) is 0 Å². The third-order valence-electron chi connectivity index (χ3n) is 2.21. The Morgan fingerprint density at radius 3 is 2.57 bits per heavy atom. The summed E-state index contributed by atoms with van der Waals surface area (Å²) in [4.78, 5) is 15.8. The molecular formula is C11H15NOS. The number of thioether (sulfide) groups is 1. The van der Waals surface area contributed by atoms with Crippen LogP contribution in [0.15, 0.2) is 29.4 Å². The number of aromatic nitrogens is 1. The molecule has 0 aliphatic carbocycles. The van der Waals surface area contributed by atoms with Crippen molar-refractivity contribution in [3.05, 3.63) is 24.4 Å². The molecule has 0 aromatic carbocycles. The molecule has 0 saturated carbocycles. The maximum Gasteiger partial charge on any atom is 0.198 e. The molecule has 3 heteroatoms. The van der Waals surface area contributed by atoms with Gasteiger partial charge in [0.05, 0.1) is 0 Å². The predicted molar refractivity (Wildman–Crippen MR) is 59.1 cm³/mol. The van der Waals surface area contributed by atoms with Gasteiger partial charge in [-0.15, -0.1) is 0 Å². The second-order valence-corrected chi connectivity index (χ2v) is 4.65. The molecule has 0 bridgehead atoms. The standard InChI is InChI=1S/C11H15NOS/c1-8(2)9(3)11(13)14-10-6-4-5-7-12-10/h4-9H,1-3H3. The van der Waals surface area contributed by atoms with Crippen molar-refractivity contribution in [2.24, 2.45) is 11.8 Å². The molecule has 76 valence electrons. The number of rotatable bonds is 3. The van der Waals surface area contributed by atoms with Crippen LogP contribution in [-0.2, 0) is 4.79 Å². The highest BCUT2D eigenvalue weighted by molar-refractivity contribution is 8.13. The molecule has 14 heavy (non-hydrogen) atoms. The highest BCUT2D eigenvalue weighted by atomic mass is 32.2. The van der Waals surface area contributed by atoms with E-state index in [4.69, 9.17) is 0 Å². The SMILES string of the molecule is CC(C)C(C)C(=O)Sc1ccccn1. The summed E-state index contributed by atoms with van der Waals surface area (Å²) in [6.07, 6.45) is 1.70. The van der Waals surface area contributed by atoms with Crippen molar-refractivity contribution in [3.63, 3.8) is 0 Å². The Labute approximate surface area is 89.1 Å². The Balaban J connectivity index is 2.58. The minimum absolute atomic E-state index is 0.0852. The van der Waals surface area contributed by atoms with Crippen LogP contribution in [0.5, 0.6) is 0 Å². The van der Waals surface area contributed by atoms with Crippen LogP contribution in [0.25, 0.3) is 0 Å². The summed E-state index contributed by atoms with van der Waals surface area (Å²) >= 11 is 1.23. The van der Waals surface area contributed by atoms with E-state index in [1.54, 1.807) is 6.20 Å². The molecule has 0 fully saturated rings. The summed E-state index contributed by atoms with van der Waals surface area (Å²) in [7, 11) is 0. The van der Waals surface area contributed by atoms with Gasteiger partial charge in [0.15, 0.2) is 5.12 Å². The second-order valence-electron chi connectivity index (χ2n) is 3.62. The number of nitrogens with zero attached hydrogens (tertiary/aromatic N) is 1. The van der Waals surface area contributed by atoms with E-state index in [1.165, 1.54) is 11.8 Å². The van der Waals surface area contributed by atoms with E-state index in [0.29, 0.717) is 5.92 Å². The minimum atomic E-state index is 0.0852. The van der Waals surface area contributed by atoms with Gasteiger partial charge in [0.2, 0.25) is 0 Å². The van der Waals surface area contributed by atoms with Gasteiger partial charge in [0, 0.05) is 12.1 Å². The van der Waals surface area contributed by atoms with Gasteiger partial charge >= 0.3 is 0 Å². The number of hydrogen-bond acceptors (Lipinski definition) is 3. The van der Waals surface area contributed by atoms with Crippen molar-refractivity contribution in [2.75, 3.05) is 0 Å². The molecule has 0 amide bonds. The third-order valence-corrected chi connectivity index (χ3v) is 3.24. The number of hydrogen-bond donors (Lipinski definition) is 0. The van der Waals surface area contributed by atoms with Crippen LogP contribution in [-0.4, -0.2) is 10.1 Å². The van der Waals surface area contributed by atoms with Gasteiger partial charge in [-0.3, -0.25) is 4.79 Å². The molecular weight excluding hydrogens is 194 g/mol. The quantitative estimate of drug-likeness (QED) is 0.717. The lowest BCUT2D eigenvalue weighted by molar-refractivity contribution is -0.114. The molecule has 1 aromatic rings. The van der Waals surface area contributed by atoms with Gasteiger partial charge in [0.25, 0.3) is 0 Å². The Hall–Kier alpha value is -0.830. The Bertz CT molecular complexity index is 297. The summed E-state index contributed by atoms with van der Waals surface area (Å²) in [5, 5.41) is 0.976. The number of carbonyl (C=O) groups excluding carboxylic acids is 1. The molecule has 1 unspecified atom stereocenters. The molecule has 1 heterocycles. The fraction of sp³-hybridized carbons (Fsp3) is 0.455. The maximum atomic E-state index is 11.7. The predicted octanol–water partition coefficient (Wildman–Crippen LogP) is 2.99. The second kappa shape index (κ2) is 5.15. The van der Waals surface area contributed by atoms with Gasteiger partial charge in [-0.25, -0.2) is 4.98 Å². The Kier molecular flexibility index (Phi) is 4.14. The van der Waals surface area contributed by atoms with E-state index in [1.807, 2.05) is 25.1 Å². The van der Waals surface area contributed by atoms with Gasteiger partial charge in [0.1, 0.15) is 5.03 Å². The summed E-state index contributed by atoms with van der Waals surface area (Å²) in [5.41, 5.74) is 0. The zero-order chi connectivity index (χ0) is 10.6. The normalized spacial score (nSPS) is 12.9. The average Bonchev–Trinajstić information content (AvgIpc) is 2.18. The van der Waals surface area contributed by atoms with E-state index in [0.717, 1.165) is 5.03 Å². The van der Waals surface area contributed by atoms with Crippen LogP contribution >= 0.6 is 11.8 Å². The molecule has 1 rings (SSSR count). The topological polar surface area (TPSA) is 30.0 Å². The molecule has 1 aromatic heterocycles. The smallest absolute Gasteiger partial charge is 0.198 e. The lowest BCUT2D eigenvalue weighted by Crippen LogP contribution is -2.13. The molecule has 0 N–H and O–H groups in total. The van der Waals surface area contributed by atoms with Crippen LogP contribution in [0.3, 0.4) is 0 Å². The third kappa shape index (κ3) is 3.14. The first kappa shape index (κ1) is 11.2. The molecule has 0 aliphatic heterocycles. The van der Waals surface area contributed by atoms with Crippen molar-refractivity contribution >= 4 is 16.9 Å². The zero-order valence-electron chi connectivity index (χ0n) is 8.73. The molecule has 2 nitrogen and oxygen atoms in total. The number of carbonyl (C=O) groups is 1. The van der Waals surface area contributed by atoms with Crippen molar-refractivity contribution < 1.29 is 4.79 Å². The summed E-state index contributed by atoms with van der Waals surface area (Å²) < 4.78 is 0. The molecule has 0 aliphatic rings. The van der Waals surface area contributed by atoms with Gasteiger partial charge < -0.3 is 0 Å². The average molecular weight is 209 g/mol. The largest absolute Gasteiger partial charge is 0.286 e. The number of pyridine rings is 1. The van der Waals surface area contributed by atoms with Crippen molar-refractivity contribution in [2.45, 2.75) is 25.8 Å². The first-order chi connectivity index (χ1) is 6.61. The lowest BCUT2D eigenvalue weighted by atomic mass is 10.0. The fourth-order valence-electron chi connectivity index (χ4n) is 0.876. The monoisotopic (exact) mass is 209 g/mol. The van der Waals surface area contributed by atoms with E-state index < -0.39 is 0 Å². The van der Waals surface area contributed by atoms with Gasteiger partial charge in [-0.2, -0.15) is 0 Å². The highest BCUT2D eigenvalue weighted by Crippen LogP contribution is 2.23. The molecule has 0 saturated heterocycles. The van der Waals surface area contributed by atoms with Crippen molar-refractivity contribution in [3.8, 4) is 0 Å². The molecule has 1 atom stereocenters.